The van der Waals surface area contributed by atoms with Crippen molar-refractivity contribution in [3.8, 4) is 18.1 Å². The Labute approximate surface area is 80.5 Å². The van der Waals surface area contributed by atoms with Gasteiger partial charge in [0.1, 0.15) is 6.07 Å². The minimum Gasteiger partial charge on any atom is -0.467 e. The van der Waals surface area contributed by atoms with Crippen LogP contribution in [0.2, 0.25) is 0 Å². The van der Waals surface area contributed by atoms with Crippen LogP contribution < -0.4 is 15.2 Å². The van der Waals surface area contributed by atoms with Crippen LogP contribution in [0.15, 0.2) is 0 Å². The maximum absolute atomic E-state index is 8.48. The van der Waals surface area contributed by atoms with Crippen LogP contribution >= 0.6 is 0 Å². The second kappa shape index (κ2) is 4.23. The van der Waals surface area contributed by atoms with E-state index in [-0.39, 0.29) is 18.0 Å². The van der Waals surface area contributed by atoms with Gasteiger partial charge < -0.3 is 15.2 Å². The molecular formula is C7H9N5O2. The molecule has 0 saturated carbocycles. The molecule has 1 aromatic rings. The third kappa shape index (κ3) is 2.45. The molecule has 14 heavy (non-hydrogen) atoms. The van der Waals surface area contributed by atoms with Gasteiger partial charge in [0, 0.05) is 0 Å². The van der Waals surface area contributed by atoms with E-state index in [4.69, 9.17) is 20.5 Å². The molecule has 0 saturated heterocycles. The highest BCUT2D eigenvalue weighted by molar-refractivity contribution is 5.20. The Morgan fingerprint density at radius 3 is 2.57 bits per heavy atom. The summed E-state index contributed by atoms with van der Waals surface area (Å²) < 4.78 is 9.75. The summed E-state index contributed by atoms with van der Waals surface area (Å²) in [6.07, 6.45) is -0.651. The highest BCUT2D eigenvalue weighted by Crippen LogP contribution is 2.11. The molecule has 0 bridgehead atoms. The molecule has 1 atom stereocenters. The summed E-state index contributed by atoms with van der Waals surface area (Å²) in [5.74, 6) is -0.0167. The SMILES string of the molecule is COc1nc(N)nc(OC(C)C#N)n1. The normalized spacial score (nSPS) is 11.5. The molecule has 0 aliphatic carbocycles. The fourth-order valence-electron chi connectivity index (χ4n) is 0.681. The molecule has 2 N–H and O–H groups in total. The van der Waals surface area contributed by atoms with Crippen LogP contribution in [0.25, 0.3) is 0 Å². The lowest BCUT2D eigenvalue weighted by Crippen LogP contribution is -2.12. The number of nitrogen functional groups attached to an aromatic ring is 1. The van der Waals surface area contributed by atoms with Crippen molar-refractivity contribution in [2.24, 2.45) is 0 Å². The number of nitrogens with zero attached hydrogens (tertiary/aromatic N) is 4. The fraction of sp³-hybridized carbons (Fsp3) is 0.429. The van der Waals surface area contributed by atoms with Crippen molar-refractivity contribution in [3.63, 3.8) is 0 Å². The van der Waals surface area contributed by atoms with Crippen LogP contribution in [0.4, 0.5) is 5.95 Å². The number of nitriles is 1. The number of hydrogen-bond donors (Lipinski definition) is 1. The summed E-state index contributed by atoms with van der Waals surface area (Å²) in [5, 5.41) is 8.48. The van der Waals surface area contributed by atoms with Gasteiger partial charge in [0.05, 0.1) is 7.11 Å². The van der Waals surface area contributed by atoms with Crippen molar-refractivity contribution < 1.29 is 9.47 Å². The monoisotopic (exact) mass is 195 g/mol. The summed E-state index contributed by atoms with van der Waals surface area (Å²) in [6.45, 7) is 1.56. The minimum atomic E-state index is -0.651. The molecule has 1 heterocycles. The Balaban J connectivity index is 2.87. The molecule has 1 unspecified atom stereocenters. The van der Waals surface area contributed by atoms with Crippen molar-refractivity contribution in [2.45, 2.75) is 13.0 Å². The number of ether oxygens (including phenoxy) is 2. The lowest BCUT2D eigenvalue weighted by molar-refractivity contribution is 0.247. The third-order valence-electron chi connectivity index (χ3n) is 1.26. The van der Waals surface area contributed by atoms with E-state index in [0.717, 1.165) is 0 Å². The molecule has 1 rings (SSSR count). The van der Waals surface area contributed by atoms with E-state index in [1.165, 1.54) is 7.11 Å². The zero-order chi connectivity index (χ0) is 10.6. The van der Waals surface area contributed by atoms with Crippen LogP contribution in [0, 0.1) is 11.3 Å². The second-order valence-corrected chi connectivity index (χ2v) is 2.35. The van der Waals surface area contributed by atoms with Crippen LogP contribution in [-0.4, -0.2) is 28.2 Å². The van der Waals surface area contributed by atoms with Crippen molar-refractivity contribution in [1.29, 1.82) is 5.26 Å². The Kier molecular flexibility index (Phi) is 3.01. The average molecular weight is 195 g/mol. The van der Waals surface area contributed by atoms with E-state index in [1.807, 2.05) is 6.07 Å². The lowest BCUT2D eigenvalue weighted by atomic mass is 10.5. The standard InChI is InChI=1S/C7H9N5O2/c1-4(3-8)14-7-11-5(9)10-6(12-7)13-2/h4H,1-2H3,(H2,9,10,11,12). The lowest BCUT2D eigenvalue weighted by Gasteiger charge is -2.06. The Morgan fingerprint density at radius 2 is 2.00 bits per heavy atom. The number of anilines is 1. The maximum Gasteiger partial charge on any atom is 0.325 e. The van der Waals surface area contributed by atoms with E-state index in [2.05, 4.69) is 15.0 Å². The quantitative estimate of drug-likeness (QED) is 0.708. The molecule has 7 heteroatoms. The smallest absolute Gasteiger partial charge is 0.325 e. The van der Waals surface area contributed by atoms with E-state index in [1.54, 1.807) is 6.92 Å². The zero-order valence-electron chi connectivity index (χ0n) is 7.76. The first-order valence-corrected chi connectivity index (χ1v) is 3.77. The summed E-state index contributed by atoms with van der Waals surface area (Å²) >= 11 is 0. The van der Waals surface area contributed by atoms with E-state index >= 15 is 0 Å². The Bertz CT molecular complexity index is 362. The van der Waals surface area contributed by atoms with E-state index in [0.29, 0.717) is 0 Å². The van der Waals surface area contributed by atoms with E-state index < -0.39 is 6.10 Å². The van der Waals surface area contributed by atoms with Crippen molar-refractivity contribution in [2.75, 3.05) is 12.8 Å². The van der Waals surface area contributed by atoms with Crippen molar-refractivity contribution in [1.82, 2.24) is 15.0 Å². The topological polar surface area (TPSA) is 107 Å². The second-order valence-electron chi connectivity index (χ2n) is 2.35. The highest BCUT2D eigenvalue weighted by atomic mass is 16.5. The summed E-state index contributed by atoms with van der Waals surface area (Å²) in [7, 11) is 1.40. The van der Waals surface area contributed by atoms with Gasteiger partial charge in [0.2, 0.25) is 5.95 Å². The summed E-state index contributed by atoms with van der Waals surface area (Å²) in [6, 6.07) is 1.89. The van der Waals surface area contributed by atoms with Gasteiger partial charge in [-0.15, -0.1) is 4.98 Å². The first-order chi connectivity index (χ1) is 6.65. The van der Waals surface area contributed by atoms with Gasteiger partial charge in [-0.1, -0.05) is 0 Å². The summed E-state index contributed by atoms with van der Waals surface area (Å²) in [5.41, 5.74) is 5.35. The Hall–Kier alpha value is -2.10. The maximum atomic E-state index is 8.48. The van der Waals surface area contributed by atoms with Gasteiger partial charge in [-0.2, -0.15) is 15.2 Å². The average Bonchev–Trinajstić information content (AvgIpc) is 2.16. The van der Waals surface area contributed by atoms with E-state index in [9.17, 15) is 0 Å². The van der Waals surface area contributed by atoms with Crippen LogP contribution in [0.3, 0.4) is 0 Å². The number of aromatic nitrogens is 3. The number of methoxy groups -OCH3 is 1. The van der Waals surface area contributed by atoms with Crippen molar-refractivity contribution in [3.05, 3.63) is 0 Å². The third-order valence-corrected chi connectivity index (χ3v) is 1.26. The van der Waals surface area contributed by atoms with Gasteiger partial charge >= 0.3 is 12.0 Å². The molecule has 0 aliphatic heterocycles. The van der Waals surface area contributed by atoms with Crippen LogP contribution in [0.1, 0.15) is 6.92 Å². The number of rotatable bonds is 3. The molecule has 74 valence electrons. The van der Waals surface area contributed by atoms with Crippen LogP contribution in [0.5, 0.6) is 12.0 Å². The van der Waals surface area contributed by atoms with Gasteiger partial charge in [0.15, 0.2) is 6.10 Å². The molecule has 0 fully saturated rings. The fourth-order valence-corrected chi connectivity index (χ4v) is 0.681. The molecule has 0 spiro atoms. The Morgan fingerprint density at radius 1 is 1.36 bits per heavy atom. The molecule has 0 aliphatic rings. The van der Waals surface area contributed by atoms with Gasteiger partial charge in [-0.25, -0.2) is 0 Å². The predicted molar refractivity (Wildman–Crippen MR) is 46.5 cm³/mol. The molecule has 7 nitrogen and oxygen atoms in total. The largest absolute Gasteiger partial charge is 0.467 e. The number of hydrogen-bond acceptors (Lipinski definition) is 7. The van der Waals surface area contributed by atoms with Crippen LogP contribution in [-0.2, 0) is 0 Å². The van der Waals surface area contributed by atoms with Gasteiger partial charge in [-0.3, -0.25) is 0 Å². The molecular weight excluding hydrogens is 186 g/mol. The summed E-state index contributed by atoms with van der Waals surface area (Å²) in [4.78, 5) is 11.1. The minimum absolute atomic E-state index is 0.0167. The zero-order valence-corrected chi connectivity index (χ0v) is 7.76. The molecule has 0 amide bonds. The van der Waals surface area contributed by atoms with Gasteiger partial charge in [0.25, 0.3) is 0 Å². The molecule has 0 radical (unpaired) electrons. The first kappa shape index (κ1) is 9.98. The number of nitrogens with two attached hydrogens (primary N) is 1. The predicted octanol–water partition coefficient (Wildman–Crippen LogP) is -0.247. The van der Waals surface area contributed by atoms with Gasteiger partial charge in [-0.05, 0) is 6.92 Å². The van der Waals surface area contributed by atoms with Crippen molar-refractivity contribution >= 4 is 5.95 Å². The molecule has 0 aromatic carbocycles. The molecule has 1 aromatic heterocycles. The first-order valence-electron chi connectivity index (χ1n) is 3.77. The highest BCUT2D eigenvalue weighted by Gasteiger charge is 2.08.